The van der Waals surface area contributed by atoms with Gasteiger partial charge in [-0.25, -0.2) is 0 Å². The number of rotatable bonds is 1. The fourth-order valence-corrected chi connectivity index (χ4v) is 1.12. The zero-order valence-electron chi connectivity index (χ0n) is 13.0. The molecule has 2 radical (unpaired) electrons. The van der Waals surface area contributed by atoms with Crippen LogP contribution in [0.25, 0.3) is 0 Å². The van der Waals surface area contributed by atoms with Crippen molar-refractivity contribution in [3.8, 4) is 0 Å². The average molecular weight is 342 g/mol. The molecule has 0 atom stereocenters. The van der Waals surface area contributed by atoms with Crippen molar-refractivity contribution in [3.63, 3.8) is 0 Å². The molecule has 0 aliphatic heterocycles. The van der Waals surface area contributed by atoms with E-state index < -0.39 is 40.1 Å². The van der Waals surface area contributed by atoms with E-state index in [4.69, 9.17) is 18.1 Å². The molecule has 0 heterocycles. The average Bonchev–Trinajstić information content (AvgIpc) is 2.23. The SMILES string of the molecule is CC(C)(O)C(C)(C)O.[B]c1cccc(C(F)(F)F)c1C(F)(F)F. The van der Waals surface area contributed by atoms with Gasteiger partial charge in [-0.3, -0.25) is 0 Å². The Kier molecular flexibility index (Phi) is 6.37. The molecule has 0 amide bonds. The van der Waals surface area contributed by atoms with Crippen molar-refractivity contribution in [2.24, 2.45) is 0 Å². The maximum atomic E-state index is 12.3. The summed E-state index contributed by atoms with van der Waals surface area (Å²) in [4.78, 5) is 0. The second-order valence-electron chi connectivity index (χ2n) is 5.88. The Hall–Kier alpha value is -1.22. The van der Waals surface area contributed by atoms with Crippen LogP contribution >= 0.6 is 0 Å². The first-order valence-electron chi connectivity index (χ1n) is 6.36. The number of hydrogen-bond acceptors (Lipinski definition) is 2. The van der Waals surface area contributed by atoms with Gasteiger partial charge in [-0.1, -0.05) is 17.6 Å². The van der Waals surface area contributed by atoms with Crippen LogP contribution < -0.4 is 5.46 Å². The molecule has 0 saturated heterocycles. The summed E-state index contributed by atoms with van der Waals surface area (Å²) < 4.78 is 73.4. The fourth-order valence-electron chi connectivity index (χ4n) is 1.12. The largest absolute Gasteiger partial charge is 0.416 e. The molecule has 0 saturated carbocycles. The molecule has 0 fully saturated rings. The van der Waals surface area contributed by atoms with Gasteiger partial charge in [0, 0.05) is 0 Å². The van der Waals surface area contributed by atoms with Crippen LogP contribution in [0.3, 0.4) is 0 Å². The second kappa shape index (κ2) is 6.72. The van der Waals surface area contributed by atoms with Gasteiger partial charge in [0.05, 0.1) is 22.3 Å². The molecule has 0 bridgehead atoms. The first kappa shape index (κ1) is 21.8. The van der Waals surface area contributed by atoms with E-state index in [1.54, 1.807) is 27.7 Å². The van der Waals surface area contributed by atoms with Crippen LogP contribution in [0.2, 0.25) is 0 Å². The van der Waals surface area contributed by atoms with Gasteiger partial charge in [0.1, 0.15) is 7.85 Å². The highest BCUT2D eigenvalue weighted by molar-refractivity contribution is 6.33. The number of alkyl halides is 6. The molecule has 1 rings (SSSR count). The summed E-state index contributed by atoms with van der Waals surface area (Å²) in [6, 6.07) is 1.95. The van der Waals surface area contributed by atoms with E-state index in [9.17, 15) is 26.3 Å². The molecular formula is C14H17BF6O2. The third kappa shape index (κ3) is 6.43. The van der Waals surface area contributed by atoms with Crippen LogP contribution in [0, 0.1) is 0 Å². The zero-order chi connectivity index (χ0) is 18.9. The lowest BCUT2D eigenvalue weighted by molar-refractivity contribution is -0.161. The van der Waals surface area contributed by atoms with E-state index in [2.05, 4.69) is 0 Å². The monoisotopic (exact) mass is 342 g/mol. The maximum Gasteiger partial charge on any atom is 0.416 e. The first-order valence-corrected chi connectivity index (χ1v) is 6.36. The van der Waals surface area contributed by atoms with Crippen LogP contribution in [0.4, 0.5) is 26.3 Å². The highest BCUT2D eigenvalue weighted by Crippen LogP contribution is 2.38. The molecule has 0 unspecified atom stereocenters. The predicted molar refractivity (Wildman–Crippen MR) is 74.4 cm³/mol. The first-order chi connectivity index (χ1) is 9.89. The molecule has 0 aliphatic carbocycles. The standard InChI is InChI=1S/C8H3BF6.C6H14O2/c9-5-3-1-2-4(7(10,11)12)6(5)8(13,14)15;1-5(2,7)6(3,4)8/h1-3H;7-8H,1-4H3. The Morgan fingerprint density at radius 3 is 1.39 bits per heavy atom. The number of aliphatic hydroxyl groups is 2. The van der Waals surface area contributed by atoms with Crippen molar-refractivity contribution >= 4 is 13.3 Å². The molecular weight excluding hydrogens is 325 g/mol. The van der Waals surface area contributed by atoms with Crippen LogP contribution in [-0.2, 0) is 12.4 Å². The molecule has 1 aromatic rings. The maximum absolute atomic E-state index is 12.3. The van der Waals surface area contributed by atoms with Gasteiger partial charge in [-0.05, 0) is 33.8 Å². The minimum atomic E-state index is -5.11. The van der Waals surface area contributed by atoms with Crippen molar-refractivity contribution in [3.05, 3.63) is 29.3 Å². The Morgan fingerprint density at radius 1 is 0.783 bits per heavy atom. The summed E-state index contributed by atoms with van der Waals surface area (Å²) in [5.74, 6) is 0. The van der Waals surface area contributed by atoms with Gasteiger partial charge in [0.15, 0.2) is 0 Å². The van der Waals surface area contributed by atoms with Crippen molar-refractivity contribution in [2.45, 2.75) is 51.2 Å². The van der Waals surface area contributed by atoms with Crippen LogP contribution in [0.15, 0.2) is 18.2 Å². The van der Waals surface area contributed by atoms with Gasteiger partial charge >= 0.3 is 12.4 Å². The molecule has 9 heteroatoms. The van der Waals surface area contributed by atoms with Gasteiger partial charge in [0.25, 0.3) is 0 Å². The van der Waals surface area contributed by atoms with E-state index in [-0.39, 0.29) is 0 Å². The third-order valence-electron chi connectivity index (χ3n) is 3.18. The summed E-state index contributed by atoms with van der Waals surface area (Å²) in [5, 5.41) is 18.2. The third-order valence-corrected chi connectivity index (χ3v) is 3.18. The topological polar surface area (TPSA) is 40.5 Å². The Morgan fingerprint density at radius 2 is 1.17 bits per heavy atom. The number of halogens is 6. The van der Waals surface area contributed by atoms with E-state index in [0.29, 0.717) is 6.07 Å². The highest BCUT2D eigenvalue weighted by Gasteiger charge is 2.43. The highest BCUT2D eigenvalue weighted by atomic mass is 19.4. The van der Waals surface area contributed by atoms with Crippen molar-refractivity contribution in [2.75, 3.05) is 0 Å². The Labute approximate surface area is 131 Å². The fraction of sp³-hybridized carbons (Fsp3) is 0.571. The second-order valence-corrected chi connectivity index (χ2v) is 5.88. The van der Waals surface area contributed by atoms with Gasteiger partial charge in [-0.2, -0.15) is 26.3 Å². The minimum Gasteiger partial charge on any atom is -0.387 e. The van der Waals surface area contributed by atoms with E-state index in [1.165, 1.54) is 0 Å². The summed E-state index contributed by atoms with van der Waals surface area (Å²) in [5.41, 5.74) is -6.55. The summed E-state index contributed by atoms with van der Waals surface area (Å²) >= 11 is 0. The number of benzene rings is 1. The molecule has 2 nitrogen and oxygen atoms in total. The predicted octanol–water partition coefficient (Wildman–Crippen LogP) is 3.05. The lowest BCUT2D eigenvalue weighted by Crippen LogP contribution is -2.44. The van der Waals surface area contributed by atoms with Crippen molar-refractivity contribution < 1.29 is 36.6 Å². The Bertz CT molecular complexity index is 512. The lowest BCUT2D eigenvalue weighted by Gasteiger charge is -2.31. The van der Waals surface area contributed by atoms with E-state index >= 15 is 0 Å². The lowest BCUT2D eigenvalue weighted by atomic mass is 9.87. The number of hydrogen-bond donors (Lipinski definition) is 2. The van der Waals surface area contributed by atoms with Gasteiger partial charge in [-0.15, -0.1) is 0 Å². The molecule has 130 valence electrons. The normalized spacial score (nSPS) is 13.4. The van der Waals surface area contributed by atoms with Crippen molar-refractivity contribution in [1.29, 1.82) is 0 Å². The molecule has 2 N–H and O–H groups in total. The summed E-state index contributed by atoms with van der Waals surface area (Å²) in [6.45, 7) is 6.31. The zero-order valence-corrected chi connectivity index (χ0v) is 13.0. The van der Waals surface area contributed by atoms with Crippen molar-refractivity contribution in [1.82, 2.24) is 0 Å². The summed E-state index contributed by atoms with van der Waals surface area (Å²) in [6.07, 6.45) is -10.2. The van der Waals surface area contributed by atoms with Crippen LogP contribution in [-0.4, -0.2) is 29.3 Å². The van der Waals surface area contributed by atoms with Crippen LogP contribution in [0.5, 0.6) is 0 Å². The van der Waals surface area contributed by atoms with Crippen LogP contribution in [0.1, 0.15) is 38.8 Å². The quantitative estimate of drug-likeness (QED) is 0.608. The van der Waals surface area contributed by atoms with E-state index in [0.717, 1.165) is 12.1 Å². The minimum absolute atomic E-state index is 0.346. The smallest absolute Gasteiger partial charge is 0.387 e. The molecule has 23 heavy (non-hydrogen) atoms. The molecule has 0 spiro atoms. The Balaban J connectivity index is 0.000000515. The van der Waals surface area contributed by atoms with E-state index in [1.807, 2.05) is 0 Å². The molecule has 1 aromatic carbocycles. The molecule has 0 aliphatic rings. The van der Waals surface area contributed by atoms with Gasteiger partial charge < -0.3 is 10.2 Å². The molecule has 0 aromatic heterocycles. The summed E-state index contributed by atoms with van der Waals surface area (Å²) in [7, 11) is 4.88. The van der Waals surface area contributed by atoms with Gasteiger partial charge in [0.2, 0.25) is 0 Å².